The minimum atomic E-state index is 0.217. The van der Waals surface area contributed by atoms with Crippen LogP contribution < -0.4 is 10.1 Å². The van der Waals surface area contributed by atoms with E-state index in [1.54, 1.807) is 6.20 Å². The molecule has 3 heteroatoms. The first-order valence-corrected chi connectivity index (χ1v) is 7.05. The monoisotopic (exact) mass is 270 g/mol. The third-order valence-electron chi connectivity index (χ3n) is 3.31. The van der Waals surface area contributed by atoms with Crippen molar-refractivity contribution in [3.8, 4) is 11.6 Å². The molecule has 1 aromatic carbocycles. The van der Waals surface area contributed by atoms with Gasteiger partial charge in [0.15, 0.2) is 0 Å². The zero-order valence-electron chi connectivity index (χ0n) is 12.6. The minimum Gasteiger partial charge on any atom is -0.438 e. The highest BCUT2D eigenvalue weighted by Crippen LogP contribution is 2.29. The van der Waals surface area contributed by atoms with Crippen LogP contribution in [-0.2, 0) is 0 Å². The lowest BCUT2D eigenvalue weighted by Crippen LogP contribution is -2.18. The highest BCUT2D eigenvalue weighted by atomic mass is 16.5. The van der Waals surface area contributed by atoms with E-state index in [1.807, 2.05) is 12.1 Å². The summed E-state index contributed by atoms with van der Waals surface area (Å²) in [6, 6.07) is 10.4. The fourth-order valence-corrected chi connectivity index (χ4v) is 2.25. The topological polar surface area (TPSA) is 34.2 Å². The van der Waals surface area contributed by atoms with Crippen molar-refractivity contribution in [3.05, 3.63) is 53.2 Å². The van der Waals surface area contributed by atoms with E-state index in [0.717, 1.165) is 23.4 Å². The Morgan fingerprint density at radius 3 is 2.75 bits per heavy atom. The van der Waals surface area contributed by atoms with E-state index < -0.39 is 0 Å². The quantitative estimate of drug-likeness (QED) is 0.885. The number of nitrogens with one attached hydrogen (secondary N) is 1. The largest absolute Gasteiger partial charge is 0.438 e. The molecule has 0 aliphatic heterocycles. The molecule has 0 fully saturated rings. The van der Waals surface area contributed by atoms with Gasteiger partial charge < -0.3 is 10.1 Å². The van der Waals surface area contributed by atoms with Gasteiger partial charge in [0.25, 0.3) is 0 Å². The second-order valence-electron chi connectivity index (χ2n) is 5.05. The molecular formula is C17H22N2O. The fraction of sp³-hybridized carbons (Fsp3) is 0.353. The molecule has 0 aliphatic rings. The Kier molecular flexibility index (Phi) is 4.74. The van der Waals surface area contributed by atoms with Gasteiger partial charge in [0.05, 0.1) is 0 Å². The third-order valence-corrected chi connectivity index (χ3v) is 3.31. The predicted molar refractivity (Wildman–Crippen MR) is 82.3 cm³/mol. The van der Waals surface area contributed by atoms with Crippen molar-refractivity contribution >= 4 is 0 Å². The molecule has 0 saturated carbocycles. The SMILES string of the molecule is CCNC(C)c1cccnc1Oc1ccc(C)cc1C. The minimum absolute atomic E-state index is 0.217. The summed E-state index contributed by atoms with van der Waals surface area (Å²) in [5.41, 5.74) is 3.43. The number of benzene rings is 1. The molecule has 0 aliphatic carbocycles. The van der Waals surface area contributed by atoms with E-state index in [1.165, 1.54) is 5.56 Å². The third kappa shape index (κ3) is 3.36. The summed E-state index contributed by atoms with van der Waals surface area (Å²) in [7, 11) is 0. The molecule has 0 spiro atoms. The van der Waals surface area contributed by atoms with Gasteiger partial charge in [-0.3, -0.25) is 0 Å². The summed E-state index contributed by atoms with van der Waals surface area (Å²) in [4.78, 5) is 4.38. The van der Waals surface area contributed by atoms with Crippen LogP contribution in [0.1, 0.15) is 36.6 Å². The van der Waals surface area contributed by atoms with Crippen LogP contribution in [-0.4, -0.2) is 11.5 Å². The molecule has 2 rings (SSSR count). The van der Waals surface area contributed by atoms with Gasteiger partial charge in [-0.05, 0) is 45.0 Å². The highest BCUT2D eigenvalue weighted by molar-refractivity contribution is 5.40. The van der Waals surface area contributed by atoms with Crippen LogP contribution in [0.2, 0.25) is 0 Å². The van der Waals surface area contributed by atoms with Crippen molar-refractivity contribution in [3.63, 3.8) is 0 Å². The highest BCUT2D eigenvalue weighted by Gasteiger charge is 2.13. The van der Waals surface area contributed by atoms with Crippen LogP contribution in [0.4, 0.5) is 0 Å². The zero-order valence-corrected chi connectivity index (χ0v) is 12.6. The van der Waals surface area contributed by atoms with E-state index in [2.05, 4.69) is 56.2 Å². The molecule has 0 radical (unpaired) electrons. The predicted octanol–water partition coefficient (Wildman–Crippen LogP) is 4.16. The standard InChI is InChI=1S/C17H22N2O/c1-5-18-14(4)15-7-6-10-19-17(15)20-16-9-8-12(2)11-13(16)3/h6-11,14,18H,5H2,1-4H3. The Morgan fingerprint density at radius 1 is 1.25 bits per heavy atom. The van der Waals surface area contributed by atoms with Crippen molar-refractivity contribution in [2.45, 2.75) is 33.7 Å². The average Bonchev–Trinajstić information content (AvgIpc) is 2.43. The van der Waals surface area contributed by atoms with Crippen LogP contribution in [0.5, 0.6) is 11.6 Å². The zero-order chi connectivity index (χ0) is 14.5. The van der Waals surface area contributed by atoms with E-state index in [4.69, 9.17) is 4.74 Å². The van der Waals surface area contributed by atoms with Crippen molar-refractivity contribution in [2.75, 3.05) is 6.54 Å². The van der Waals surface area contributed by atoms with Gasteiger partial charge in [-0.2, -0.15) is 0 Å². The van der Waals surface area contributed by atoms with Crippen LogP contribution in [0.3, 0.4) is 0 Å². The van der Waals surface area contributed by atoms with Gasteiger partial charge in [-0.25, -0.2) is 4.98 Å². The molecule has 1 N–H and O–H groups in total. The summed E-state index contributed by atoms with van der Waals surface area (Å²) in [6.07, 6.45) is 1.76. The molecule has 1 heterocycles. The first kappa shape index (κ1) is 14.5. The second kappa shape index (κ2) is 6.53. The Labute approximate surface area is 121 Å². The second-order valence-corrected chi connectivity index (χ2v) is 5.05. The van der Waals surface area contributed by atoms with E-state index in [9.17, 15) is 0 Å². The summed E-state index contributed by atoms with van der Waals surface area (Å²) in [5.74, 6) is 1.53. The molecule has 20 heavy (non-hydrogen) atoms. The molecule has 0 bridgehead atoms. The molecule has 1 unspecified atom stereocenters. The van der Waals surface area contributed by atoms with Gasteiger partial charge in [0.2, 0.25) is 5.88 Å². The number of hydrogen-bond donors (Lipinski definition) is 1. The summed E-state index contributed by atoms with van der Waals surface area (Å²) in [5, 5.41) is 3.39. The molecule has 0 saturated heterocycles. The smallest absolute Gasteiger partial charge is 0.223 e. The number of rotatable bonds is 5. The van der Waals surface area contributed by atoms with Crippen molar-refractivity contribution in [2.24, 2.45) is 0 Å². The normalized spacial score (nSPS) is 12.2. The fourth-order valence-electron chi connectivity index (χ4n) is 2.25. The molecular weight excluding hydrogens is 248 g/mol. The number of aromatic nitrogens is 1. The van der Waals surface area contributed by atoms with Crippen LogP contribution in [0.15, 0.2) is 36.5 Å². The van der Waals surface area contributed by atoms with Crippen molar-refractivity contribution in [1.82, 2.24) is 10.3 Å². The number of hydrogen-bond acceptors (Lipinski definition) is 3. The number of pyridine rings is 1. The van der Waals surface area contributed by atoms with Gasteiger partial charge >= 0.3 is 0 Å². The number of aryl methyl sites for hydroxylation is 2. The Bertz CT molecular complexity index is 581. The maximum atomic E-state index is 6.01. The molecule has 3 nitrogen and oxygen atoms in total. The molecule has 106 valence electrons. The van der Waals surface area contributed by atoms with Crippen molar-refractivity contribution in [1.29, 1.82) is 0 Å². The first-order chi connectivity index (χ1) is 9.61. The van der Waals surface area contributed by atoms with Gasteiger partial charge in [-0.1, -0.05) is 30.7 Å². The average molecular weight is 270 g/mol. The molecule has 1 atom stereocenters. The summed E-state index contributed by atoms with van der Waals surface area (Å²) >= 11 is 0. The van der Waals surface area contributed by atoms with E-state index >= 15 is 0 Å². The number of ether oxygens (including phenoxy) is 1. The van der Waals surface area contributed by atoms with Crippen LogP contribution in [0.25, 0.3) is 0 Å². The van der Waals surface area contributed by atoms with Gasteiger partial charge in [-0.15, -0.1) is 0 Å². The first-order valence-electron chi connectivity index (χ1n) is 7.05. The van der Waals surface area contributed by atoms with Gasteiger partial charge in [0, 0.05) is 17.8 Å². The molecule has 2 aromatic rings. The maximum Gasteiger partial charge on any atom is 0.223 e. The van der Waals surface area contributed by atoms with Crippen LogP contribution >= 0.6 is 0 Å². The maximum absolute atomic E-state index is 6.01. The molecule has 0 amide bonds. The van der Waals surface area contributed by atoms with Crippen LogP contribution in [0, 0.1) is 13.8 Å². The summed E-state index contributed by atoms with van der Waals surface area (Å²) in [6.45, 7) is 9.26. The Balaban J connectivity index is 2.29. The Morgan fingerprint density at radius 2 is 2.05 bits per heavy atom. The lowest BCUT2D eigenvalue weighted by atomic mass is 10.1. The van der Waals surface area contributed by atoms with Crippen molar-refractivity contribution < 1.29 is 4.74 Å². The number of nitrogens with zero attached hydrogens (tertiary/aromatic N) is 1. The lowest BCUT2D eigenvalue weighted by molar-refractivity contribution is 0.441. The molecule has 1 aromatic heterocycles. The van der Waals surface area contributed by atoms with Gasteiger partial charge in [0.1, 0.15) is 5.75 Å². The summed E-state index contributed by atoms with van der Waals surface area (Å²) < 4.78 is 6.01. The van der Waals surface area contributed by atoms with E-state index in [-0.39, 0.29) is 6.04 Å². The lowest BCUT2D eigenvalue weighted by Gasteiger charge is -2.17. The Hall–Kier alpha value is -1.87. The van der Waals surface area contributed by atoms with E-state index in [0.29, 0.717) is 5.88 Å².